The Balaban J connectivity index is 2.19. The van der Waals surface area contributed by atoms with Gasteiger partial charge in [0.1, 0.15) is 0 Å². The molecule has 18 heavy (non-hydrogen) atoms. The van der Waals surface area contributed by atoms with Crippen molar-refractivity contribution in [3.63, 3.8) is 0 Å². The number of rotatable bonds is 6. The molecule has 1 N–H and O–H groups in total. The highest BCUT2D eigenvalue weighted by atomic mass is 79.9. The second kappa shape index (κ2) is 6.07. The Morgan fingerprint density at radius 3 is 2.67 bits per heavy atom. The van der Waals surface area contributed by atoms with Gasteiger partial charge < -0.3 is 10.0 Å². The van der Waals surface area contributed by atoms with Gasteiger partial charge in [-0.15, -0.1) is 0 Å². The molecule has 1 aromatic rings. The third-order valence-electron chi connectivity index (χ3n) is 3.50. The Morgan fingerprint density at radius 1 is 1.44 bits per heavy atom. The SMILES string of the molecule is CCCCN(c1ccc([C@@H](C)O)cc1Br)C1CC1. The summed E-state index contributed by atoms with van der Waals surface area (Å²) in [6.07, 6.45) is 4.69. The molecular weight excluding hydrogens is 290 g/mol. The number of aliphatic hydroxyl groups is 1. The van der Waals surface area contributed by atoms with Crippen LogP contribution in [0.1, 0.15) is 51.2 Å². The molecule has 0 saturated heterocycles. The minimum atomic E-state index is -0.402. The van der Waals surface area contributed by atoms with Crippen molar-refractivity contribution < 1.29 is 5.11 Å². The second-order valence-electron chi connectivity index (χ2n) is 5.16. The van der Waals surface area contributed by atoms with E-state index in [1.54, 1.807) is 6.92 Å². The summed E-state index contributed by atoms with van der Waals surface area (Å²) in [5, 5.41) is 9.61. The van der Waals surface area contributed by atoms with Crippen LogP contribution in [0.3, 0.4) is 0 Å². The fraction of sp³-hybridized carbons (Fsp3) is 0.600. The summed E-state index contributed by atoms with van der Waals surface area (Å²) in [5.74, 6) is 0. The van der Waals surface area contributed by atoms with Gasteiger partial charge in [0.05, 0.1) is 11.8 Å². The standard InChI is InChI=1S/C15H22BrNO/c1-3-4-9-17(13-6-7-13)15-8-5-12(11(2)18)10-14(15)16/h5,8,10-11,13,18H,3-4,6-7,9H2,1-2H3/t11-/m1/s1. The topological polar surface area (TPSA) is 23.5 Å². The number of aliphatic hydroxyl groups excluding tert-OH is 1. The highest BCUT2D eigenvalue weighted by Gasteiger charge is 2.29. The molecule has 2 rings (SSSR count). The van der Waals surface area contributed by atoms with Crippen molar-refractivity contribution >= 4 is 21.6 Å². The Hall–Kier alpha value is -0.540. The smallest absolute Gasteiger partial charge is 0.0762 e. The maximum absolute atomic E-state index is 9.61. The van der Waals surface area contributed by atoms with Crippen LogP contribution in [0.5, 0.6) is 0 Å². The number of halogens is 1. The van der Waals surface area contributed by atoms with Crippen LogP contribution >= 0.6 is 15.9 Å². The van der Waals surface area contributed by atoms with Crippen LogP contribution in [0.15, 0.2) is 22.7 Å². The van der Waals surface area contributed by atoms with Gasteiger partial charge in [-0.3, -0.25) is 0 Å². The van der Waals surface area contributed by atoms with Crippen molar-refractivity contribution in [2.75, 3.05) is 11.4 Å². The summed E-state index contributed by atoms with van der Waals surface area (Å²) in [6, 6.07) is 6.94. The van der Waals surface area contributed by atoms with Gasteiger partial charge in [0, 0.05) is 17.1 Å². The van der Waals surface area contributed by atoms with E-state index in [0.29, 0.717) is 0 Å². The fourth-order valence-corrected chi connectivity index (χ4v) is 2.85. The zero-order valence-corrected chi connectivity index (χ0v) is 12.8. The first-order valence-electron chi connectivity index (χ1n) is 6.87. The average molecular weight is 312 g/mol. The minimum absolute atomic E-state index is 0.402. The number of benzene rings is 1. The molecule has 0 aliphatic heterocycles. The molecule has 0 amide bonds. The molecule has 0 spiro atoms. The number of anilines is 1. The molecule has 1 aliphatic carbocycles. The average Bonchev–Trinajstić information content (AvgIpc) is 3.15. The lowest BCUT2D eigenvalue weighted by molar-refractivity contribution is 0.199. The van der Waals surface area contributed by atoms with Crippen LogP contribution in [0.4, 0.5) is 5.69 Å². The predicted octanol–water partition coefficient (Wildman–Crippen LogP) is 4.27. The van der Waals surface area contributed by atoms with Gasteiger partial charge in [-0.2, -0.15) is 0 Å². The lowest BCUT2D eigenvalue weighted by Gasteiger charge is -2.26. The molecule has 0 heterocycles. The summed E-state index contributed by atoms with van der Waals surface area (Å²) in [4.78, 5) is 2.51. The molecule has 1 fully saturated rings. The van der Waals surface area contributed by atoms with E-state index in [0.717, 1.165) is 22.6 Å². The highest BCUT2D eigenvalue weighted by Crippen LogP contribution is 2.37. The van der Waals surface area contributed by atoms with E-state index in [4.69, 9.17) is 0 Å². The Morgan fingerprint density at radius 2 is 2.17 bits per heavy atom. The lowest BCUT2D eigenvalue weighted by atomic mass is 10.1. The minimum Gasteiger partial charge on any atom is -0.389 e. The molecule has 0 unspecified atom stereocenters. The highest BCUT2D eigenvalue weighted by molar-refractivity contribution is 9.10. The predicted molar refractivity (Wildman–Crippen MR) is 80.1 cm³/mol. The summed E-state index contributed by atoms with van der Waals surface area (Å²) >= 11 is 3.65. The zero-order chi connectivity index (χ0) is 13.1. The van der Waals surface area contributed by atoms with E-state index >= 15 is 0 Å². The van der Waals surface area contributed by atoms with E-state index in [1.165, 1.54) is 31.4 Å². The van der Waals surface area contributed by atoms with Gasteiger partial charge in [-0.05, 0) is 59.8 Å². The maximum atomic E-state index is 9.61. The van der Waals surface area contributed by atoms with Crippen LogP contribution in [-0.2, 0) is 0 Å². The summed E-state index contributed by atoms with van der Waals surface area (Å²) < 4.78 is 1.10. The van der Waals surface area contributed by atoms with E-state index in [-0.39, 0.29) is 0 Å². The molecule has 0 bridgehead atoms. The first-order chi connectivity index (χ1) is 8.63. The number of hydrogen-bond donors (Lipinski definition) is 1. The largest absolute Gasteiger partial charge is 0.389 e. The van der Waals surface area contributed by atoms with Crippen LogP contribution < -0.4 is 4.90 Å². The van der Waals surface area contributed by atoms with Gasteiger partial charge in [-0.1, -0.05) is 19.4 Å². The molecular formula is C15H22BrNO. The van der Waals surface area contributed by atoms with E-state index in [2.05, 4.69) is 33.8 Å². The van der Waals surface area contributed by atoms with Gasteiger partial charge in [-0.25, -0.2) is 0 Å². The van der Waals surface area contributed by atoms with Crippen molar-refractivity contribution in [2.24, 2.45) is 0 Å². The van der Waals surface area contributed by atoms with Crippen LogP contribution in [-0.4, -0.2) is 17.7 Å². The quantitative estimate of drug-likeness (QED) is 0.848. The number of nitrogens with zero attached hydrogens (tertiary/aromatic N) is 1. The van der Waals surface area contributed by atoms with E-state index in [1.807, 2.05) is 12.1 Å². The normalized spacial score (nSPS) is 16.7. The van der Waals surface area contributed by atoms with Crippen LogP contribution in [0.2, 0.25) is 0 Å². The van der Waals surface area contributed by atoms with Gasteiger partial charge in [0.15, 0.2) is 0 Å². The molecule has 0 radical (unpaired) electrons. The van der Waals surface area contributed by atoms with Gasteiger partial charge >= 0.3 is 0 Å². The molecule has 3 heteroatoms. The molecule has 100 valence electrons. The second-order valence-corrected chi connectivity index (χ2v) is 6.02. The third kappa shape index (κ3) is 3.27. The zero-order valence-electron chi connectivity index (χ0n) is 11.2. The number of unbranched alkanes of at least 4 members (excludes halogenated alkanes) is 1. The van der Waals surface area contributed by atoms with Crippen molar-refractivity contribution in [3.8, 4) is 0 Å². The Labute approximate surface area is 118 Å². The van der Waals surface area contributed by atoms with Crippen molar-refractivity contribution in [1.29, 1.82) is 0 Å². The van der Waals surface area contributed by atoms with Crippen LogP contribution in [0.25, 0.3) is 0 Å². The van der Waals surface area contributed by atoms with E-state index in [9.17, 15) is 5.11 Å². The third-order valence-corrected chi connectivity index (χ3v) is 4.14. The summed E-state index contributed by atoms with van der Waals surface area (Å²) in [5.41, 5.74) is 2.24. The number of hydrogen-bond acceptors (Lipinski definition) is 2. The first-order valence-corrected chi connectivity index (χ1v) is 7.67. The molecule has 1 aliphatic rings. The van der Waals surface area contributed by atoms with Crippen molar-refractivity contribution in [3.05, 3.63) is 28.2 Å². The summed E-state index contributed by atoms with van der Waals surface area (Å²) in [6.45, 7) is 5.17. The fourth-order valence-electron chi connectivity index (χ4n) is 2.23. The molecule has 1 atom stereocenters. The van der Waals surface area contributed by atoms with Crippen LogP contribution in [0, 0.1) is 0 Å². The Kier molecular flexibility index (Phi) is 4.68. The van der Waals surface area contributed by atoms with Crippen molar-refractivity contribution in [1.82, 2.24) is 0 Å². The van der Waals surface area contributed by atoms with E-state index < -0.39 is 6.10 Å². The lowest BCUT2D eigenvalue weighted by Crippen LogP contribution is -2.27. The maximum Gasteiger partial charge on any atom is 0.0762 e. The van der Waals surface area contributed by atoms with Crippen molar-refractivity contribution in [2.45, 2.75) is 51.7 Å². The monoisotopic (exact) mass is 311 g/mol. The van der Waals surface area contributed by atoms with Gasteiger partial charge in [0.25, 0.3) is 0 Å². The molecule has 1 aromatic carbocycles. The molecule has 0 aromatic heterocycles. The van der Waals surface area contributed by atoms with Gasteiger partial charge in [0.2, 0.25) is 0 Å². The summed E-state index contributed by atoms with van der Waals surface area (Å²) in [7, 11) is 0. The molecule has 2 nitrogen and oxygen atoms in total. The first kappa shape index (κ1) is 13.9. The molecule has 1 saturated carbocycles. The Bertz CT molecular complexity index is 401.